The van der Waals surface area contributed by atoms with E-state index in [0.29, 0.717) is 58.3 Å². The van der Waals surface area contributed by atoms with Crippen molar-refractivity contribution in [1.82, 2.24) is 19.3 Å². The SMILES string of the molecule is O=c1c2c(n(CCCC3CC3)c(=O)n1CCCc1nnc(Cc3ccc(F)cc3Cl)o1)N=C(Cl)C2. The quantitative estimate of drug-likeness (QED) is 0.395. The topological polar surface area (TPSA) is 95.3 Å². The number of aliphatic imine (C=N–C) groups is 1. The number of aryl methyl sites for hydroxylation is 1. The van der Waals surface area contributed by atoms with E-state index in [9.17, 15) is 14.0 Å². The van der Waals surface area contributed by atoms with Crippen LogP contribution in [0.15, 0.2) is 37.2 Å². The number of halogens is 3. The standard InChI is InChI=1S/C24H24Cl2FN5O3/c25-18-12-16(27)8-7-15(18)11-21-30-29-20(35-21)4-2-10-32-23(33)17-13-19(26)28-22(17)31(24(32)34)9-1-3-14-5-6-14/h7-8,12,14H,1-6,9-11,13H2. The summed E-state index contributed by atoms with van der Waals surface area (Å²) in [6.07, 6.45) is 5.83. The molecule has 8 nitrogen and oxygen atoms in total. The lowest BCUT2D eigenvalue weighted by Gasteiger charge is -2.14. The summed E-state index contributed by atoms with van der Waals surface area (Å²) in [6.45, 7) is 0.733. The van der Waals surface area contributed by atoms with Crippen LogP contribution in [0.2, 0.25) is 5.02 Å². The van der Waals surface area contributed by atoms with E-state index in [4.69, 9.17) is 27.6 Å². The molecule has 0 amide bonds. The summed E-state index contributed by atoms with van der Waals surface area (Å²) in [5.41, 5.74) is 0.435. The molecular formula is C24H24Cl2FN5O3. The first-order chi connectivity index (χ1) is 16.9. The van der Waals surface area contributed by atoms with E-state index in [1.165, 1.54) is 29.5 Å². The maximum atomic E-state index is 13.2. The zero-order chi connectivity index (χ0) is 24.5. The fourth-order valence-corrected chi connectivity index (χ4v) is 4.80. The third kappa shape index (κ3) is 5.41. The van der Waals surface area contributed by atoms with Gasteiger partial charge < -0.3 is 4.42 Å². The maximum absolute atomic E-state index is 13.2. The van der Waals surface area contributed by atoms with Crippen LogP contribution in [-0.4, -0.2) is 24.5 Å². The second-order valence-corrected chi connectivity index (χ2v) is 9.89. The van der Waals surface area contributed by atoms with Crippen LogP contribution in [0.1, 0.15) is 55.0 Å². The van der Waals surface area contributed by atoms with E-state index in [2.05, 4.69) is 15.2 Å². The Morgan fingerprint density at radius 1 is 1.06 bits per heavy atom. The lowest BCUT2D eigenvalue weighted by atomic mass is 10.1. The first-order valence-corrected chi connectivity index (χ1v) is 12.5. The molecule has 2 aromatic heterocycles. The van der Waals surface area contributed by atoms with Crippen molar-refractivity contribution in [2.24, 2.45) is 10.9 Å². The van der Waals surface area contributed by atoms with Gasteiger partial charge in [-0.05, 0) is 42.9 Å². The zero-order valence-electron chi connectivity index (χ0n) is 19.0. The highest BCUT2D eigenvalue weighted by Crippen LogP contribution is 2.34. The molecule has 0 N–H and O–H groups in total. The largest absolute Gasteiger partial charge is 0.425 e. The lowest BCUT2D eigenvalue weighted by molar-refractivity contribution is 0.438. The number of hydrogen-bond donors (Lipinski definition) is 0. The Balaban J connectivity index is 1.26. The molecule has 1 fully saturated rings. The van der Waals surface area contributed by atoms with Crippen LogP contribution in [-0.2, 0) is 32.4 Å². The van der Waals surface area contributed by atoms with Gasteiger partial charge in [0.25, 0.3) is 5.56 Å². The van der Waals surface area contributed by atoms with Crippen molar-refractivity contribution in [2.75, 3.05) is 0 Å². The Labute approximate surface area is 210 Å². The summed E-state index contributed by atoms with van der Waals surface area (Å²) in [7, 11) is 0. The summed E-state index contributed by atoms with van der Waals surface area (Å²) in [5, 5.41) is 8.68. The summed E-state index contributed by atoms with van der Waals surface area (Å²) in [6, 6.07) is 4.14. The first-order valence-electron chi connectivity index (χ1n) is 11.7. The van der Waals surface area contributed by atoms with Gasteiger partial charge in [-0.15, -0.1) is 10.2 Å². The normalized spacial score (nSPS) is 14.9. The van der Waals surface area contributed by atoms with Gasteiger partial charge in [-0.2, -0.15) is 0 Å². The Morgan fingerprint density at radius 2 is 1.83 bits per heavy atom. The average molecular weight is 520 g/mol. The molecule has 0 saturated heterocycles. The Bertz CT molecular complexity index is 1410. The second-order valence-electron chi connectivity index (χ2n) is 9.05. The summed E-state index contributed by atoms with van der Waals surface area (Å²) >= 11 is 12.2. The van der Waals surface area contributed by atoms with Gasteiger partial charge in [0.1, 0.15) is 16.8 Å². The highest BCUT2D eigenvalue weighted by Gasteiger charge is 2.25. The molecule has 184 valence electrons. The minimum Gasteiger partial charge on any atom is -0.425 e. The lowest BCUT2D eigenvalue weighted by Crippen LogP contribution is -2.41. The average Bonchev–Trinajstić information content (AvgIpc) is 3.40. The summed E-state index contributed by atoms with van der Waals surface area (Å²) < 4.78 is 21.8. The highest BCUT2D eigenvalue weighted by atomic mass is 35.5. The second kappa shape index (κ2) is 10.1. The number of fused-ring (bicyclic) bond motifs is 1. The van der Waals surface area contributed by atoms with E-state index >= 15 is 0 Å². The smallest absolute Gasteiger partial charge is 0.332 e. The van der Waals surface area contributed by atoms with E-state index in [-0.39, 0.29) is 30.6 Å². The number of rotatable bonds is 10. The van der Waals surface area contributed by atoms with E-state index in [1.54, 1.807) is 10.6 Å². The molecule has 1 aromatic carbocycles. The predicted octanol–water partition coefficient (Wildman–Crippen LogP) is 4.42. The van der Waals surface area contributed by atoms with Crippen LogP contribution >= 0.6 is 23.2 Å². The van der Waals surface area contributed by atoms with E-state index in [0.717, 1.165) is 18.8 Å². The van der Waals surface area contributed by atoms with E-state index in [1.807, 2.05) is 0 Å². The molecule has 2 aliphatic rings. The molecule has 35 heavy (non-hydrogen) atoms. The minimum atomic E-state index is -0.414. The van der Waals surface area contributed by atoms with Crippen molar-refractivity contribution in [2.45, 2.75) is 64.5 Å². The fraction of sp³-hybridized carbons (Fsp3) is 0.458. The van der Waals surface area contributed by atoms with Crippen molar-refractivity contribution in [3.8, 4) is 0 Å². The zero-order valence-corrected chi connectivity index (χ0v) is 20.5. The van der Waals surface area contributed by atoms with Gasteiger partial charge in [0.2, 0.25) is 11.8 Å². The monoisotopic (exact) mass is 519 g/mol. The predicted molar refractivity (Wildman–Crippen MR) is 130 cm³/mol. The van der Waals surface area contributed by atoms with Crippen molar-refractivity contribution >= 4 is 34.2 Å². The van der Waals surface area contributed by atoms with Gasteiger partial charge in [0.15, 0.2) is 0 Å². The molecule has 1 aliphatic heterocycles. The molecule has 0 unspecified atom stereocenters. The number of hydrogen-bond acceptors (Lipinski definition) is 6. The minimum absolute atomic E-state index is 0.215. The summed E-state index contributed by atoms with van der Waals surface area (Å²) in [5.74, 6) is 1.49. The van der Waals surface area contributed by atoms with Gasteiger partial charge in [0, 0.05) is 31.0 Å². The van der Waals surface area contributed by atoms with Crippen molar-refractivity contribution in [1.29, 1.82) is 0 Å². The van der Waals surface area contributed by atoms with Gasteiger partial charge in [-0.25, -0.2) is 14.2 Å². The Morgan fingerprint density at radius 3 is 2.60 bits per heavy atom. The van der Waals surface area contributed by atoms with Crippen molar-refractivity contribution in [3.63, 3.8) is 0 Å². The molecule has 3 heterocycles. The number of aromatic nitrogens is 4. The number of nitrogens with zero attached hydrogens (tertiary/aromatic N) is 5. The Hall–Kier alpha value is -2.78. The fourth-order valence-electron chi connectivity index (χ4n) is 4.35. The van der Waals surface area contributed by atoms with Crippen LogP contribution in [0.3, 0.4) is 0 Å². The third-order valence-electron chi connectivity index (χ3n) is 6.37. The van der Waals surface area contributed by atoms with Crippen molar-refractivity contribution < 1.29 is 8.81 Å². The van der Waals surface area contributed by atoms with Gasteiger partial charge in [-0.3, -0.25) is 13.9 Å². The molecule has 5 rings (SSSR count). The van der Waals surface area contributed by atoms with Crippen LogP contribution in [0.4, 0.5) is 10.2 Å². The maximum Gasteiger partial charge on any atom is 0.332 e. The Kier molecular flexibility index (Phi) is 6.88. The molecule has 3 aromatic rings. The molecule has 11 heteroatoms. The van der Waals surface area contributed by atoms with Gasteiger partial charge in [-0.1, -0.05) is 42.1 Å². The summed E-state index contributed by atoms with van der Waals surface area (Å²) in [4.78, 5) is 30.5. The van der Waals surface area contributed by atoms with Crippen LogP contribution in [0, 0.1) is 11.7 Å². The van der Waals surface area contributed by atoms with Crippen LogP contribution in [0.5, 0.6) is 0 Å². The van der Waals surface area contributed by atoms with Crippen LogP contribution in [0.25, 0.3) is 0 Å². The molecule has 1 saturated carbocycles. The molecule has 0 radical (unpaired) electrons. The number of benzene rings is 1. The first kappa shape index (κ1) is 23.9. The van der Waals surface area contributed by atoms with Gasteiger partial charge >= 0.3 is 5.69 Å². The van der Waals surface area contributed by atoms with Crippen molar-refractivity contribution in [3.05, 3.63) is 72.8 Å². The molecule has 0 bridgehead atoms. The third-order valence-corrected chi connectivity index (χ3v) is 6.94. The molecule has 0 atom stereocenters. The molecule has 1 aliphatic carbocycles. The van der Waals surface area contributed by atoms with E-state index < -0.39 is 5.82 Å². The highest BCUT2D eigenvalue weighted by molar-refractivity contribution is 6.66. The van der Waals surface area contributed by atoms with Gasteiger partial charge in [0.05, 0.1) is 12.0 Å². The molecular weight excluding hydrogens is 496 g/mol. The van der Waals surface area contributed by atoms with Crippen LogP contribution < -0.4 is 11.2 Å². The molecule has 0 spiro atoms.